The van der Waals surface area contributed by atoms with E-state index in [1.165, 1.54) is 0 Å². The summed E-state index contributed by atoms with van der Waals surface area (Å²) in [5.74, 6) is 1.04. The van der Waals surface area contributed by atoms with E-state index in [-0.39, 0.29) is 11.8 Å². The molecule has 3 aromatic rings. The van der Waals surface area contributed by atoms with Gasteiger partial charge in [-0.15, -0.1) is 0 Å². The van der Waals surface area contributed by atoms with Crippen LogP contribution in [0.1, 0.15) is 39.8 Å². The monoisotopic (exact) mass is 451 g/mol. The molecule has 0 aliphatic carbocycles. The molecule has 176 valence electrons. The SMILES string of the molecule is CCc1nc2ccc(C(=O)N(C)CCCN(C)C)cn2c1N(C)C(=O)c1cccc(OC)c1. The lowest BCUT2D eigenvalue weighted by atomic mass is 10.2. The van der Waals surface area contributed by atoms with Crippen molar-refractivity contribution in [3.8, 4) is 5.75 Å². The Bertz CT molecular complexity index is 1140. The van der Waals surface area contributed by atoms with Gasteiger partial charge in [-0.2, -0.15) is 0 Å². The number of rotatable bonds is 9. The van der Waals surface area contributed by atoms with Gasteiger partial charge in [0.2, 0.25) is 0 Å². The van der Waals surface area contributed by atoms with Gasteiger partial charge in [0.15, 0.2) is 0 Å². The lowest BCUT2D eigenvalue weighted by Crippen LogP contribution is -2.30. The van der Waals surface area contributed by atoms with Gasteiger partial charge < -0.3 is 14.5 Å². The number of carbonyl (C=O) groups excluding carboxylic acids is 2. The summed E-state index contributed by atoms with van der Waals surface area (Å²) in [4.78, 5) is 36.4. The Morgan fingerprint density at radius 1 is 1.00 bits per heavy atom. The van der Waals surface area contributed by atoms with Crippen molar-refractivity contribution in [2.45, 2.75) is 19.8 Å². The average Bonchev–Trinajstić information content (AvgIpc) is 3.20. The van der Waals surface area contributed by atoms with Crippen molar-refractivity contribution >= 4 is 23.3 Å². The van der Waals surface area contributed by atoms with E-state index >= 15 is 0 Å². The van der Waals surface area contributed by atoms with E-state index in [9.17, 15) is 9.59 Å². The number of nitrogens with zero attached hydrogens (tertiary/aromatic N) is 5. The second kappa shape index (κ2) is 10.5. The number of hydrogen-bond donors (Lipinski definition) is 0. The minimum Gasteiger partial charge on any atom is -0.497 e. The van der Waals surface area contributed by atoms with Crippen molar-refractivity contribution in [3.05, 3.63) is 59.4 Å². The smallest absolute Gasteiger partial charge is 0.259 e. The van der Waals surface area contributed by atoms with E-state index in [0.717, 1.165) is 18.7 Å². The van der Waals surface area contributed by atoms with E-state index in [0.29, 0.717) is 41.3 Å². The summed E-state index contributed by atoms with van der Waals surface area (Å²) in [6, 6.07) is 10.7. The molecule has 0 aliphatic heterocycles. The highest BCUT2D eigenvalue weighted by atomic mass is 16.5. The van der Waals surface area contributed by atoms with Crippen LogP contribution in [0, 0.1) is 0 Å². The molecule has 0 spiro atoms. The Morgan fingerprint density at radius 2 is 1.76 bits per heavy atom. The highest BCUT2D eigenvalue weighted by Gasteiger charge is 2.23. The maximum Gasteiger partial charge on any atom is 0.259 e. The Labute approximate surface area is 195 Å². The number of carbonyl (C=O) groups is 2. The third-order valence-corrected chi connectivity index (χ3v) is 5.63. The number of fused-ring (bicyclic) bond motifs is 1. The molecule has 3 rings (SSSR count). The number of benzene rings is 1. The zero-order valence-corrected chi connectivity index (χ0v) is 20.3. The third kappa shape index (κ3) is 5.34. The van der Waals surface area contributed by atoms with Gasteiger partial charge in [-0.3, -0.25) is 18.9 Å². The number of aryl methyl sites for hydroxylation is 1. The van der Waals surface area contributed by atoms with Crippen molar-refractivity contribution in [3.63, 3.8) is 0 Å². The molecule has 0 fully saturated rings. The largest absolute Gasteiger partial charge is 0.497 e. The highest BCUT2D eigenvalue weighted by Crippen LogP contribution is 2.25. The molecule has 0 saturated heterocycles. The summed E-state index contributed by atoms with van der Waals surface area (Å²) >= 11 is 0. The molecule has 8 heteroatoms. The fourth-order valence-corrected chi connectivity index (χ4v) is 3.79. The molecule has 2 heterocycles. The lowest BCUT2D eigenvalue weighted by Gasteiger charge is -2.20. The van der Waals surface area contributed by atoms with Crippen molar-refractivity contribution in [2.75, 3.05) is 53.3 Å². The standard InChI is InChI=1S/C25H33N5O3/c1-7-21-23(29(5)25(32)18-10-8-11-20(16-18)33-6)30-17-19(12-13-22(30)26-21)24(31)28(4)15-9-14-27(2)3/h8,10-13,16-17H,7,9,14-15H2,1-6H3. The minimum atomic E-state index is -0.178. The lowest BCUT2D eigenvalue weighted by molar-refractivity contribution is 0.0790. The Kier molecular flexibility index (Phi) is 7.71. The first-order chi connectivity index (χ1) is 15.8. The molecule has 2 aromatic heterocycles. The number of pyridine rings is 1. The predicted molar refractivity (Wildman–Crippen MR) is 130 cm³/mol. The number of amides is 2. The van der Waals surface area contributed by atoms with Gasteiger partial charge in [-0.05, 0) is 63.8 Å². The summed E-state index contributed by atoms with van der Waals surface area (Å²) in [6.45, 7) is 3.58. The van der Waals surface area contributed by atoms with Gasteiger partial charge in [0, 0.05) is 32.4 Å². The van der Waals surface area contributed by atoms with Crippen molar-refractivity contribution in [1.82, 2.24) is 19.2 Å². The van der Waals surface area contributed by atoms with E-state index in [2.05, 4.69) is 4.90 Å². The zero-order valence-electron chi connectivity index (χ0n) is 20.3. The molecule has 0 aliphatic rings. The molecule has 0 bridgehead atoms. The fourth-order valence-electron chi connectivity index (χ4n) is 3.79. The second-order valence-corrected chi connectivity index (χ2v) is 8.36. The maximum absolute atomic E-state index is 13.3. The fraction of sp³-hybridized carbons (Fsp3) is 0.400. The molecule has 2 amide bonds. The molecule has 1 aromatic carbocycles. The Balaban J connectivity index is 1.94. The van der Waals surface area contributed by atoms with Crippen LogP contribution in [0.4, 0.5) is 5.82 Å². The quantitative estimate of drug-likeness (QED) is 0.500. The van der Waals surface area contributed by atoms with Gasteiger partial charge >= 0.3 is 0 Å². The van der Waals surface area contributed by atoms with Crippen molar-refractivity contribution in [1.29, 1.82) is 0 Å². The minimum absolute atomic E-state index is 0.0601. The summed E-state index contributed by atoms with van der Waals surface area (Å²) in [6.07, 6.45) is 3.32. The van der Waals surface area contributed by atoms with Crippen LogP contribution >= 0.6 is 0 Å². The molecule has 33 heavy (non-hydrogen) atoms. The first kappa shape index (κ1) is 24.3. The number of imidazole rings is 1. The average molecular weight is 452 g/mol. The summed E-state index contributed by atoms with van der Waals surface area (Å²) < 4.78 is 7.09. The maximum atomic E-state index is 13.3. The predicted octanol–water partition coefficient (Wildman–Crippen LogP) is 3.21. The van der Waals surface area contributed by atoms with Gasteiger partial charge in [0.05, 0.1) is 18.4 Å². The molecule has 0 atom stereocenters. The summed E-state index contributed by atoms with van der Waals surface area (Å²) in [5.41, 5.74) is 2.55. The molecular weight excluding hydrogens is 418 g/mol. The molecule has 0 saturated carbocycles. The molecule has 0 radical (unpaired) electrons. The number of anilines is 1. The summed E-state index contributed by atoms with van der Waals surface area (Å²) in [5, 5.41) is 0. The van der Waals surface area contributed by atoms with E-state index in [1.54, 1.807) is 60.5 Å². The van der Waals surface area contributed by atoms with E-state index < -0.39 is 0 Å². The molecular formula is C25H33N5O3. The van der Waals surface area contributed by atoms with Crippen LogP contribution in [-0.2, 0) is 6.42 Å². The van der Waals surface area contributed by atoms with Crippen LogP contribution in [0.5, 0.6) is 5.75 Å². The normalized spacial score (nSPS) is 11.1. The van der Waals surface area contributed by atoms with Crippen LogP contribution in [-0.4, -0.2) is 79.4 Å². The van der Waals surface area contributed by atoms with E-state index in [4.69, 9.17) is 9.72 Å². The molecule has 8 nitrogen and oxygen atoms in total. The number of aromatic nitrogens is 2. The van der Waals surface area contributed by atoms with Crippen LogP contribution in [0.25, 0.3) is 5.65 Å². The highest BCUT2D eigenvalue weighted by molar-refractivity contribution is 6.06. The molecule has 0 N–H and O–H groups in total. The van der Waals surface area contributed by atoms with Gasteiger partial charge in [-0.1, -0.05) is 13.0 Å². The third-order valence-electron chi connectivity index (χ3n) is 5.63. The van der Waals surface area contributed by atoms with Crippen LogP contribution in [0.2, 0.25) is 0 Å². The van der Waals surface area contributed by atoms with Crippen LogP contribution < -0.4 is 9.64 Å². The number of ether oxygens (including phenoxy) is 1. The second-order valence-electron chi connectivity index (χ2n) is 8.36. The number of methoxy groups -OCH3 is 1. The topological polar surface area (TPSA) is 70.4 Å². The van der Waals surface area contributed by atoms with Crippen molar-refractivity contribution < 1.29 is 14.3 Å². The molecule has 0 unspecified atom stereocenters. The first-order valence-corrected chi connectivity index (χ1v) is 11.1. The van der Waals surface area contributed by atoms with Gasteiger partial charge in [0.25, 0.3) is 11.8 Å². The first-order valence-electron chi connectivity index (χ1n) is 11.1. The van der Waals surface area contributed by atoms with Crippen LogP contribution in [0.15, 0.2) is 42.6 Å². The Hall–Kier alpha value is -3.39. The zero-order chi connectivity index (χ0) is 24.1. The van der Waals surface area contributed by atoms with Crippen molar-refractivity contribution in [2.24, 2.45) is 0 Å². The van der Waals surface area contributed by atoms with Gasteiger partial charge in [-0.25, -0.2) is 4.98 Å². The summed E-state index contributed by atoms with van der Waals surface area (Å²) in [7, 11) is 9.15. The Morgan fingerprint density at radius 3 is 2.42 bits per heavy atom. The van der Waals surface area contributed by atoms with Gasteiger partial charge in [0.1, 0.15) is 17.2 Å². The van der Waals surface area contributed by atoms with Crippen LogP contribution in [0.3, 0.4) is 0 Å². The van der Waals surface area contributed by atoms with E-state index in [1.807, 2.05) is 38.5 Å². The number of hydrogen-bond acceptors (Lipinski definition) is 5.